The van der Waals surface area contributed by atoms with Crippen LogP contribution in [-0.2, 0) is 22.6 Å². The zero-order valence-electron chi connectivity index (χ0n) is 10.3. The predicted molar refractivity (Wildman–Crippen MR) is 63.7 cm³/mol. The second-order valence-electron chi connectivity index (χ2n) is 3.61. The molecule has 0 saturated heterocycles. The Hall–Kier alpha value is -0.950. The summed E-state index contributed by atoms with van der Waals surface area (Å²) < 4.78 is 12.1. The maximum absolute atomic E-state index is 8.55. The summed E-state index contributed by atoms with van der Waals surface area (Å²) in [5.74, 6) is 0. The number of aliphatic hydroxyl groups is 1. The number of aliphatic hydroxyl groups excluding tert-OH is 1. The summed E-state index contributed by atoms with van der Waals surface area (Å²) in [5, 5.41) is 11.8. The van der Waals surface area contributed by atoms with Crippen LogP contribution in [0, 0.1) is 0 Å². The number of rotatable bonds is 10. The number of nitrogens with one attached hydrogen (secondary N) is 1. The van der Waals surface area contributed by atoms with Crippen molar-refractivity contribution in [1.82, 2.24) is 14.9 Å². The lowest BCUT2D eigenvalue weighted by atomic mass is 10.4. The molecule has 17 heavy (non-hydrogen) atoms. The Bertz CT molecular complexity index is 265. The first-order valence-corrected chi connectivity index (χ1v) is 5.75. The first-order valence-electron chi connectivity index (χ1n) is 5.75. The molecule has 1 aromatic rings. The molecule has 1 rings (SSSR count). The van der Waals surface area contributed by atoms with Crippen LogP contribution in [-0.4, -0.2) is 54.7 Å². The maximum Gasteiger partial charge on any atom is 0.0950 e. The van der Waals surface area contributed by atoms with Crippen molar-refractivity contribution in [3.63, 3.8) is 0 Å². The number of imidazole rings is 1. The molecular weight excluding hydrogens is 222 g/mol. The molecule has 0 aromatic carbocycles. The van der Waals surface area contributed by atoms with Gasteiger partial charge in [0, 0.05) is 32.9 Å². The third-order valence-corrected chi connectivity index (χ3v) is 2.21. The van der Waals surface area contributed by atoms with Crippen LogP contribution in [0.25, 0.3) is 0 Å². The average Bonchev–Trinajstić information content (AvgIpc) is 2.78. The maximum atomic E-state index is 8.55. The molecule has 2 N–H and O–H groups in total. The quantitative estimate of drug-likeness (QED) is 0.549. The molecule has 0 aliphatic carbocycles. The molecule has 6 nitrogen and oxygen atoms in total. The highest BCUT2D eigenvalue weighted by molar-refractivity contribution is 4.95. The second kappa shape index (κ2) is 9.12. The molecule has 98 valence electrons. The standard InChI is InChI=1S/C11H21N3O3/c1-16-5-2-12-8-11-9-14(10-13-11)3-6-17-7-4-15/h9-10,12,15H,2-8H2,1H3. The lowest BCUT2D eigenvalue weighted by Gasteiger charge is -2.03. The molecule has 0 fully saturated rings. The summed E-state index contributed by atoms with van der Waals surface area (Å²) in [6, 6.07) is 0. The van der Waals surface area contributed by atoms with Gasteiger partial charge in [0.1, 0.15) is 0 Å². The molecule has 0 aliphatic rings. The van der Waals surface area contributed by atoms with Crippen molar-refractivity contribution in [3.05, 3.63) is 18.2 Å². The van der Waals surface area contributed by atoms with Crippen LogP contribution >= 0.6 is 0 Å². The zero-order valence-corrected chi connectivity index (χ0v) is 10.3. The van der Waals surface area contributed by atoms with Gasteiger partial charge in [-0.25, -0.2) is 4.98 Å². The van der Waals surface area contributed by atoms with Gasteiger partial charge >= 0.3 is 0 Å². The lowest BCUT2D eigenvalue weighted by Crippen LogP contribution is -2.18. The molecule has 0 saturated carbocycles. The van der Waals surface area contributed by atoms with Crippen LogP contribution < -0.4 is 5.32 Å². The normalized spacial score (nSPS) is 10.9. The van der Waals surface area contributed by atoms with E-state index in [0.717, 1.165) is 25.3 Å². The Morgan fingerprint density at radius 2 is 2.29 bits per heavy atom. The van der Waals surface area contributed by atoms with Crippen molar-refractivity contribution in [1.29, 1.82) is 0 Å². The van der Waals surface area contributed by atoms with Gasteiger partial charge in [-0.1, -0.05) is 0 Å². The van der Waals surface area contributed by atoms with Crippen molar-refractivity contribution in [2.24, 2.45) is 0 Å². The molecule has 1 aromatic heterocycles. The Morgan fingerprint density at radius 1 is 1.41 bits per heavy atom. The van der Waals surface area contributed by atoms with Crippen molar-refractivity contribution in [2.75, 3.05) is 40.1 Å². The Labute approximate surface area is 102 Å². The first-order chi connectivity index (χ1) is 8.36. The van der Waals surface area contributed by atoms with Gasteiger partial charge in [-0.05, 0) is 0 Å². The molecule has 0 radical (unpaired) electrons. The van der Waals surface area contributed by atoms with E-state index in [2.05, 4.69) is 10.3 Å². The number of hydrogen-bond acceptors (Lipinski definition) is 5. The number of methoxy groups -OCH3 is 1. The molecule has 0 amide bonds. The van der Waals surface area contributed by atoms with Gasteiger partial charge in [-0.2, -0.15) is 0 Å². The van der Waals surface area contributed by atoms with Crippen LogP contribution in [0.4, 0.5) is 0 Å². The molecule has 0 aliphatic heterocycles. The van der Waals surface area contributed by atoms with Crippen molar-refractivity contribution in [2.45, 2.75) is 13.1 Å². The molecule has 6 heteroatoms. The first kappa shape index (κ1) is 14.1. The van der Waals surface area contributed by atoms with E-state index in [0.29, 0.717) is 19.8 Å². The summed E-state index contributed by atoms with van der Waals surface area (Å²) in [5.41, 5.74) is 1.00. The third-order valence-electron chi connectivity index (χ3n) is 2.21. The number of nitrogens with zero attached hydrogens (tertiary/aromatic N) is 2. The van der Waals surface area contributed by atoms with E-state index in [1.165, 1.54) is 0 Å². The van der Waals surface area contributed by atoms with Gasteiger partial charge in [-0.15, -0.1) is 0 Å². The van der Waals surface area contributed by atoms with E-state index in [-0.39, 0.29) is 6.61 Å². The monoisotopic (exact) mass is 243 g/mol. The average molecular weight is 243 g/mol. The molecular formula is C11H21N3O3. The zero-order chi connectivity index (χ0) is 12.3. The van der Waals surface area contributed by atoms with Gasteiger partial charge in [0.05, 0.1) is 38.4 Å². The fourth-order valence-corrected chi connectivity index (χ4v) is 1.35. The Morgan fingerprint density at radius 3 is 3.06 bits per heavy atom. The summed E-state index contributed by atoms with van der Waals surface area (Å²) >= 11 is 0. The highest BCUT2D eigenvalue weighted by Crippen LogP contribution is 1.96. The van der Waals surface area contributed by atoms with Crippen LogP contribution in [0.15, 0.2) is 12.5 Å². The summed E-state index contributed by atoms with van der Waals surface area (Å²) in [7, 11) is 1.68. The van der Waals surface area contributed by atoms with Gasteiger partial charge in [0.15, 0.2) is 0 Å². The lowest BCUT2D eigenvalue weighted by molar-refractivity contribution is 0.0870. The van der Waals surface area contributed by atoms with Crippen LogP contribution in [0.1, 0.15) is 5.69 Å². The van der Waals surface area contributed by atoms with Crippen molar-refractivity contribution in [3.8, 4) is 0 Å². The molecule has 0 spiro atoms. The highest BCUT2D eigenvalue weighted by atomic mass is 16.5. The van der Waals surface area contributed by atoms with E-state index < -0.39 is 0 Å². The Kier molecular flexibility index (Phi) is 7.57. The Balaban J connectivity index is 2.14. The van der Waals surface area contributed by atoms with Crippen molar-refractivity contribution >= 4 is 0 Å². The number of ether oxygens (including phenoxy) is 2. The minimum absolute atomic E-state index is 0.0681. The van der Waals surface area contributed by atoms with Gasteiger partial charge in [0.25, 0.3) is 0 Å². The van der Waals surface area contributed by atoms with Gasteiger partial charge < -0.3 is 24.5 Å². The third kappa shape index (κ3) is 6.38. The van der Waals surface area contributed by atoms with Gasteiger partial charge in [0.2, 0.25) is 0 Å². The smallest absolute Gasteiger partial charge is 0.0950 e. The van der Waals surface area contributed by atoms with E-state index >= 15 is 0 Å². The molecule has 0 bridgehead atoms. The van der Waals surface area contributed by atoms with Crippen LogP contribution in [0.5, 0.6) is 0 Å². The second-order valence-corrected chi connectivity index (χ2v) is 3.61. The fourth-order valence-electron chi connectivity index (χ4n) is 1.35. The van der Waals surface area contributed by atoms with E-state index in [1.807, 2.05) is 10.8 Å². The SMILES string of the molecule is COCCNCc1cn(CCOCCO)cn1. The summed E-state index contributed by atoms with van der Waals surface area (Å²) in [4.78, 5) is 4.27. The van der Waals surface area contributed by atoms with E-state index in [4.69, 9.17) is 14.6 Å². The fraction of sp³-hybridized carbons (Fsp3) is 0.727. The van der Waals surface area contributed by atoms with Crippen LogP contribution in [0.3, 0.4) is 0 Å². The topological polar surface area (TPSA) is 68.5 Å². The van der Waals surface area contributed by atoms with Crippen LogP contribution in [0.2, 0.25) is 0 Å². The van der Waals surface area contributed by atoms with E-state index in [9.17, 15) is 0 Å². The molecule has 0 unspecified atom stereocenters. The minimum atomic E-state index is 0.0681. The summed E-state index contributed by atoms with van der Waals surface area (Å²) in [6.07, 6.45) is 3.78. The molecule has 1 heterocycles. The summed E-state index contributed by atoms with van der Waals surface area (Å²) in [6.45, 7) is 4.07. The highest BCUT2D eigenvalue weighted by Gasteiger charge is 1.98. The predicted octanol–water partition coefficient (Wildman–Crippen LogP) is -0.372. The van der Waals surface area contributed by atoms with Crippen molar-refractivity contribution < 1.29 is 14.6 Å². The number of hydrogen-bond donors (Lipinski definition) is 2. The van der Waals surface area contributed by atoms with E-state index in [1.54, 1.807) is 13.4 Å². The minimum Gasteiger partial charge on any atom is -0.394 e. The van der Waals surface area contributed by atoms with Gasteiger partial charge in [-0.3, -0.25) is 0 Å². The molecule has 0 atom stereocenters. The largest absolute Gasteiger partial charge is 0.394 e. The number of aromatic nitrogens is 2.